The fourth-order valence-electron chi connectivity index (χ4n) is 4.03. The van der Waals surface area contributed by atoms with Crippen LogP contribution in [0.15, 0.2) is 24.3 Å². The van der Waals surface area contributed by atoms with Gasteiger partial charge in [0.05, 0.1) is 6.04 Å². The van der Waals surface area contributed by atoms with Gasteiger partial charge in [-0.25, -0.2) is 4.79 Å². The van der Waals surface area contributed by atoms with E-state index in [1.54, 1.807) is 26.0 Å². The zero-order valence-electron chi connectivity index (χ0n) is 20.3. The standard InChI is InChI=1S/C24H34N4O8/c1-13(2)20(24(35)36)27-21(32)17(12-14-5-7-15(29)8-6-14)26-22(33)18-4-3-11-28(18)23(34)16(25)9-10-19(30)31/h5-8,13,16-18,20,29H,3-4,9-12,25H2,1-2H3,(H,26,33)(H,27,32)(H,30,31)(H,35,36). The molecule has 1 aromatic carbocycles. The smallest absolute Gasteiger partial charge is 0.326 e. The zero-order chi connectivity index (χ0) is 27.0. The predicted molar refractivity (Wildman–Crippen MR) is 128 cm³/mol. The summed E-state index contributed by atoms with van der Waals surface area (Å²) in [5.41, 5.74) is 6.47. The van der Waals surface area contributed by atoms with E-state index in [9.17, 15) is 34.2 Å². The molecule has 198 valence electrons. The number of nitrogens with two attached hydrogens (primary N) is 1. The largest absolute Gasteiger partial charge is 0.508 e. The van der Waals surface area contributed by atoms with E-state index in [-0.39, 0.29) is 31.6 Å². The second-order valence-electron chi connectivity index (χ2n) is 9.23. The SMILES string of the molecule is CC(C)C(NC(=O)C(Cc1ccc(O)cc1)NC(=O)C1CCCN1C(=O)C(N)CCC(=O)O)C(=O)O. The number of hydrogen-bond acceptors (Lipinski definition) is 7. The van der Waals surface area contributed by atoms with Gasteiger partial charge >= 0.3 is 11.9 Å². The third-order valence-corrected chi connectivity index (χ3v) is 6.06. The molecule has 1 heterocycles. The highest BCUT2D eigenvalue weighted by molar-refractivity contribution is 5.94. The summed E-state index contributed by atoms with van der Waals surface area (Å²) in [7, 11) is 0. The average molecular weight is 507 g/mol. The normalized spacial score (nSPS) is 17.8. The number of carboxylic acids is 2. The van der Waals surface area contributed by atoms with Gasteiger partial charge in [-0.15, -0.1) is 0 Å². The highest BCUT2D eigenvalue weighted by Gasteiger charge is 2.38. The minimum absolute atomic E-state index is 0.0150. The van der Waals surface area contributed by atoms with Gasteiger partial charge in [0, 0.05) is 19.4 Å². The number of phenolic OH excluding ortho intramolecular Hbond substituents is 1. The minimum atomic E-state index is -1.21. The van der Waals surface area contributed by atoms with E-state index in [4.69, 9.17) is 10.8 Å². The first-order valence-corrected chi connectivity index (χ1v) is 11.8. The summed E-state index contributed by atoms with van der Waals surface area (Å²) in [5, 5.41) is 32.9. The number of hydrogen-bond donors (Lipinski definition) is 6. The van der Waals surface area contributed by atoms with E-state index in [0.717, 1.165) is 0 Å². The zero-order valence-corrected chi connectivity index (χ0v) is 20.3. The first-order valence-electron chi connectivity index (χ1n) is 11.8. The summed E-state index contributed by atoms with van der Waals surface area (Å²) in [6.07, 6.45) is 0.518. The van der Waals surface area contributed by atoms with E-state index >= 15 is 0 Å². The van der Waals surface area contributed by atoms with Gasteiger partial charge in [-0.1, -0.05) is 26.0 Å². The molecule has 0 radical (unpaired) electrons. The first-order chi connectivity index (χ1) is 16.9. The Hall–Kier alpha value is -3.67. The van der Waals surface area contributed by atoms with Gasteiger partial charge in [-0.3, -0.25) is 19.2 Å². The quantitative estimate of drug-likeness (QED) is 0.223. The molecule has 0 saturated carbocycles. The Bertz CT molecular complexity index is 965. The fourth-order valence-corrected chi connectivity index (χ4v) is 4.03. The van der Waals surface area contributed by atoms with Crippen molar-refractivity contribution in [3.05, 3.63) is 29.8 Å². The molecule has 0 aromatic heterocycles. The molecule has 7 N–H and O–H groups in total. The second kappa shape index (κ2) is 12.9. The number of rotatable bonds is 12. The Morgan fingerprint density at radius 2 is 1.72 bits per heavy atom. The number of carbonyl (C=O) groups excluding carboxylic acids is 3. The predicted octanol–water partition coefficient (Wildman–Crippen LogP) is -0.172. The summed E-state index contributed by atoms with van der Waals surface area (Å²) in [4.78, 5) is 62.7. The van der Waals surface area contributed by atoms with Crippen LogP contribution in [0.2, 0.25) is 0 Å². The number of amides is 3. The molecule has 2 rings (SSSR count). The van der Waals surface area contributed by atoms with Crippen LogP contribution in [0.1, 0.15) is 45.1 Å². The second-order valence-corrected chi connectivity index (χ2v) is 9.23. The summed E-state index contributed by atoms with van der Waals surface area (Å²) < 4.78 is 0. The molecule has 12 heteroatoms. The highest BCUT2D eigenvalue weighted by atomic mass is 16.4. The number of phenols is 1. The summed E-state index contributed by atoms with van der Waals surface area (Å²) in [6, 6.07) is 1.70. The Morgan fingerprint density at radius 1 is 1.08 bits per heavy atom. The number of carboxylic acid groups (broad SMARTS) is 2. The van der Waals surface area contributed by atoms with Crippen LogP contribution in [-0.4, -0.2) is 80.6 Å². The molecule has 0 bridgehead atoms. The van der Waals surface area contributed by atoms with E-state index in [2.05, 4.69) is 10.6 Å². The Labute approximate surface area is 208 Å². The van der Waals surface area contributed by atoms with Gasteiger partial charge in [0.25, 0.3) is 0 Å². The minimum Gasteiger partial charge on any atom is -0.508 e. The maximum absolute atomic E-state index is 13.2. The lowest BCUT2D eigenvalue weighted by Gasteiger charge is -2.29. The van der Waals surface area contributed by atoms with Crippen molar-refractivity contribution in [2.75, 3.05) is 6.54 Å². The molecule has 1 fully saturated rings. The summed E-state index contributed by atoms with van der Waals surface area (Å²) in [6.45, 7) is 3.55. The number of carbonyl (C=O) groups is 5. The molecule has 0 aliphatic carbocycles. The van der Waals surface area contributed by atoms with E-state index in [0.29, 0.717) is 18.4 Å². The van der Waals surface area contributed by atoms with Crippen molar-refractivity contribution in [3.63, 3.8) is 0 Å². The van der Waals surface area contributed by atoms with Crippen molar-refractivity contribution in [3.8, 4) is 5.75 Å². The van der Waals surface area contributed by atoms with Crippen LogP contribution >= 0.6 is 0 Å². The lowest BCUT2D eigenvalue weighted by Crippen LogP contribution is -2.57. The lowest BCUT2D eigenvalue weighted by molar-refractivity contribution is -0.144. The summed E-state index contributed by atoms with van der Waals surface area (Å²) >= 11 is 0. The molecule has 1 aliphatic heterocycles. The van der Waals surface area contributed by atoms with Gasteiger partial charge in [0.15, 0.2) is 0 Å². The van der Waals surface area contributed by atoms with Crippen LogP contribution in [0.25, 0.3) is 0 Å². The molecular weight excluding hydrogens is 472 g/mol. The molecule has 1 saturated heterocycles. The van der Waals surface area contributed by atoms with Crippen LogP contribution in [-0.2, 0) is 30.4 Å². The molecule has 12 nitrogen and oxygen atoms in total. The van der Waals surface area contributed by atoms with Crippen molar-refractivity contribution in [1.82, 2.24) is 15.5 Å². The molecule has 4 atom stereocenters. The number of likely N-dealkylation sites (tertiary alicyclic amines) is 1. The molecule has 3 amide bonds. The van der Waals surface area contributed by atoms with Crippen LogP contribution < -0.4 is 16.4 Å². The number of nitrogens with one attached hydrogen (secondary N) is 2. The molecule has 36 heavy (non-hydrogen) atoms. The molecule has 4 unspecified atom stereocenters. The molecular formula is C24H34N4O8. The average Bonchev–Trinajstić information content (AvgIpc) is 3.30. The van der Waals surface area contributed by atoms with Crippen molar-refractivity contribution >= 4 is 29.7 Å². The number of aliphatic carboxylic acids is 2. The number of benzene rings is 1. The lowest BCUT2D eigenvalue weighted by atomic mass is 10.0. The Balaban J connectivity index is 2.19. The van der Waals surface area contributed by atoms with Crippen LogP contribution in [0.4, 0.5) is 0 Å². The Morgan fingerprint density at radius 3 is 2.28 bits per heavy atom. The van der Waals surface area contributed by atoms with Gasteiger partial charge in [0.1, 0.15) is 23.9 Å². The maximum Gasteiger partial charge on any atom is 0.326 e. The van der Waals surface area contributed by atoms with Gasteiger partial charge in [0.2, 0.25) is 17.7 Å². The highest BCUT2D eigenvalue weighted by Crippen LogP contribution is 2.20. The van der Waals surface area contributed by atoms with E-state index in [1.807, 2.05) is 0 Å². The number of nitrogens with zero attached hydrogens (tertiary/aromatic N) is 1. The van der Waals surface area contributed by atoms with Crippen LogP contribution in [0, 0.1) is 5.92 Å². The first kappa shape index (κ1) is 28.6. The molecule has 1 aliphatic rings. The van der Waals surface area contributed by atoms with Crippen LogP contribution in [0.3, 0.4) is 0 Å². The topological polar surface area (TPSA) is 199 Å². The monoisotopic (exact) mass is 506 g/mol. The van der Waals surface area contributed by atoms with Gasteiger partial charge in [-0.05, 0) is 42.9 Å². The third kappa shape index (κ3) is 7.94. The van der Waals surface area contributed by atoms with E-state index in [1.165, 1.54) is 17.0 Å². The fraction of sp³-hybridized carbons (Fsp3) is 0.542. The van der Waals surface area contributed by atoms with Crippen LogP contribution in [0.5, 0.6) is 5.75 Å². The summed E-state index contributed by atoms with van der Waals surface area (Å²) in [5.74, 6) is -4.53. The van der Waals surface area contributed by atoms with Gasteiger partial charge in [-0.2, -0.15) is 0 Å². The molecule has 1 aromatic rings. The number of aromatic hydroxyl groups is 1. The van der Waals surface area contributed by atoms with Crippen molar-refractivity contribution in [2.45, 2.75) is 70.1 Å². The van der Waals surface area contributed by atoms with E-state index < -0.39 is 59.7 Å². The Kier molecular flexibility index (Phi) is 10.2. The van der Waals surface area contributed by atoms with Crippen molar-refractivity contribution in [2.24, 2.45) is 11.7 Å². The third-order valence-electron chi connectivity index (χ3n) is 6.06. The maximum atomic E-state index is 13.2. The van der Waals surface area contributed by atoms with Gasteiger partial charge < -0.3 is 36.6 Å². The van der Waals surface area contributed by atoms with Crippen molar-refractivity contribution in [1.29, 1.82) is 0 Å². The molecule has 0 spiro atoms. The van der Waals surface area contributed by atoms with Crippen molar-refractivity contribution < 1.29 is 39.3 Å².